The summed E-state index contributed by atoms with van der Waals surface area (Å²) in [5, 5.41) is 3.15. The maximum Gasteiger partial charge on any atom is 0.239 e. The van der Waals surface area contributed by atoms with Crippen molar-refractivity contribution in [2.24, 2.45) is 5.73 Å². The molecule has 0 fully saturated rings. The predicted octanol–water partition coefficient (Wildman–Crippen LogP) is 1.24. The monoisotopic (exact) mass is 260 g/mol. The molecule has 0 heterocycles. The minimum Gasteiger partial charge on any atom is -0.383 e. The molecule has 0 spiro atoms. The highest BCUT2D eigenvalue weighted by Gasteiger charge is 2.20. The van der Waals surface area contributed by atoms with Gasteiger partial charge in [0, 0.05) is 24.2 Å². The average molecular weight is 261 g/mol. The number of primary amides is 1. The summed E-state index contributed by atoms with van der Waals surface area (Å²) in [6.07, 6.45) is 0. The maximum atomic E-state index is 13.6. The number of methoxy groups -OCH3 is 1. The summed E-state index contributed by atoms with van der Waals surface area (Å²) < 4.78 is 18.4. The molecule has 1 rings (SSSR count). The molecule has 1 aromatic carbocycles. The summed E-state index contributed by atoms with van der Waals surface area (Å²) in [5.74, 6) is -1.19. The molecular formula is C11H14ClFN2O2. The minimum absolute atomic E-state index is 0.140. The summed E-state index contributed by atoms with van der Waals surface area (Å²) in [4.78, 5) is 11.3. The highest BCUT2D eigenvalue weighted by molar-refractivity contribution is 6.30. The number of rotatable bonds is 6. The third kappa shape index (κ3) is 3.96. The molecule has 0 radical (unpaired) electrons. The molecule has 0 aliphatic rings. The van der Waals surface area contributed by atoms with E-state index < -0.39 is 17.8 Å². The average Bonchev–Trinajstić information content (AvgIpc) is 2.28. The zero-order valence-electron chi connectivity index (χ0n) is 9.37. The molecule has 94 valence electrons. The SMILES string of the molecule is COCCNC(C(N)=O)c1cc(Cl)ccc1F. The molecule has 0 aromatic heterocycles. The topological polar surface area (TPSA) is 64.3 Å². The van der Waals surface area contributed by atoms with Crippen LogP contribution in [0.4, 0.5) is 4.39 Å². The van der Waals surface area contributed by atoms with Crippen LogP contribution in [0, 0.1) is 5.82 Å². The van der Waals surface area contributed by atoms with Crippen molar-refractivity contribution < 1.29 is 13.9 Å². The molecule has 0 bridgehead atoms. The van der Waals surface area contributed by atoms with Crippen LogP contribution < -0.4 is 11.1 Å². The van der Waals surface area contributed by atoms with Crippen molar-refractivity contribution in [2.75, 3.05) is 20.3 Å². The first kappa shape index (κ1) is 13.9. The standard InChI is InChI=1S/C11H14ClFN2O2/c1-17-5-4-15-10(11(14)16)8-6-7(12)2-3-9(8)13/h2-3,6,10,15H,4-5H2,1H3,(H2,14,16). The van der Waals surface area contributed by atoms with Crippen molar-refractivity contribution in [1.29, 1.82) is 0 Å². The number of carbonyl (C=O) groups is 1. The molecule has 0 saturated heterocycles. The lowest BCUT2D eigenvalue weighted by Crippen LogP contribution is -2.36. The van der Waals surface area contributed by atoms with Gasteiger partial charge in [-0.3, -0.25) is 10.1 Å². The molecule has 0 aliphatic carbocycles. The van der Waals surface area contributed by atoms with Crippen LogP contribution in [0.3, 0.4) is 0 Å². The maximum absolute atomic E-state index is 13.6. The molecule has 1 atom stereocenters. The van der Waals surface area contributed by atoms with Crippen LogP contribution in [0.1, 0.15) is 11.6 Å². The predicted molar refractivity (Wildman–Crippen MR) is 63.2 cm³/mol. The molecule has 6 heteroatoms. The Morgan fingerprint density at radius 2 is 2.35 bits per heavy atom. The van der Waals surface area contributed by atoms with Gasteiger partial charge in [-0.15, -0.1) is 0 Å². The van der Waals surface area contributed by atoms with Crippen LogP contribution in [-0.2, 0) is 9.53 Å². The third-order valence-electron chi connectivity index (χ3n) is 2.21. The van der Waals surface area contributed by atoms with Gasteiger partial charge >= 0.3 is 0 Å². The van der Waals surface area contributed by atoms with Crippen molar-refractivity contribution >= 4 is 17.5 Å². The normalized spacial score (nSPS) is 12.4. The molecule has 1 amide bonds. The number of halogens is 2. The number of amides is 1. The number of carbonyl (C=O) groups excluding carboxylic acids is 1. The van der Waals surface area contributed by atoms with E-state index >= 15 is 0 Å². The van der Waals surface area contributed by atoms with E-state index in [1.165, 1.54) is 25.3 Å². The van der Waals surface area contributed by atoms with Gasteiger partial charge in [0.15, 0.2) is 0 Å². The number of nitrogens with two attached hydrogens (primary N) is 1. The molecule has 0 saturated carbocycles. The third-order valence-corrected chi connectivity index (χ3v) is 2.44. The Kier molecular flexibility index (Phi) is 5.34. The lowest BCUT2D eigenvalue weighted by molar-refractivity contribution is -0.120. The van der Waals surface area contributed by atoms with Crippen molar-refractivity contribution in [3.8, 4) is 0 Å². The summed E-state index contributed by atoms with van der Waals surface area (Å²) in [6, 6.07) is 3.08. The van der Waals surface area contributed by atoms with E-state index in [1.807, 2.05) is 0 Å². The van der Waals surface area contributed by atoms with E-state index in [-0.39, 0.29) is 5.56 Å². The van der Waals surface area contributed by atoms with Crippen LogP contribution in [-0.4, -0.2) is 26.2 Å². The second kappa shape index (κ2) is 6.54. The Bertz CT molecular complexity index is 401. The number of nitrogens with one attached hydrogen (secondary N) is 1. The fraction of sp³-hybridized carbons (Fsp3) is 0.364. The van der Waals surface area contributed by atoms with Gasteiger partial charge in [0.1, 0.15) is 11.9 Å². The van der Waals surface area contributed by atoms with E-state index in [2.05, 4.69) is 5.32 Å². The number of benzene rings is 1. The Hall–Kier alpha value is -1.17. The van der Waals surface area contributed by atoms with E-state index in [1.54, 1.807) is 0 Å². The Labute approximate surface area is 104 Å². The lowest BCUT2D eigenvalue weighted by Gasteiger charge is -2.16. The highest BCUT2D eigenvalue weighted by Crippen LogP contribution is 2.21. The first-order chi connectivity index (χ1) is 8.06. The van der Waals surface area contributed by atoms with Crippen molar-refractivity contribution in [2.45, 2.75) is 6.04 Å². The van der Waals surface area contributed by atoms with E-state index in [0.29, 0.717) is 18.2 Å². The quantitative estimate of drug-likeness (QED) is 0.757. The van der Waals surface area contributed by atoms with Crippen molar-refractivity contribution in [3.05, 3.63) is 34.6 Å². The van der Waals surface area contributed by atoms with Gasteiger partial charge in [0.25, 0.3) is 0 Å². The fourth-order valence-electron chi connectivity index (χ4n) is 1.40. The number of ether oxygens (including phenoxy) is 1. The second-order valence-electron chi connectivity index (χ2n) is 3.45. The Morgan fingerprint density at radius 3 is 2.94 bits per heavy atom. The van der Waals surface area contributed by atoms with Crippen molar-refractivity contribution in [3.63, 3.8) is 0 Å². The summed E-state index contributed by atoms with van der Waals surface area (Å²) in [5.41, 5.74) is 5.36. The number of hydrogen-bond acceptors (Lipinski definition) is 3. The molecule has 4 nitrogen and oxygen atoms in total. The first-order valence-electron chi connectivity index (χ1n) is 5.03. The fourth-order valence-corrected chi connectivity index (χ4v) is 1.59. The van der Waals surface area contributed by atoms with Gasteiger partial charge in [-0.05, 0) is 18.2 Å². The van der Waals surface area contributed by atoms with Crippen molar-refractivity contribution in [1.82, 2.24) is 5.32 Å². The van der Waals surface area contributed by atoms with Gasteiger partial charge in [-0.1, -0.05) is 11.6 Å². The molecular weight excluding hydrogens is 247 g/mol. The van der Waals surface area contributed by atoms with Gasteiger partial charge in [0.2, 0.25) is 5.91 Å². The van der Waals surface area contributed by atoms with Crippen LogP contribution in [0.15, 0.2) is 18.2 Å². The summed E-state index contributed by atoms with van der Waals surface area (Å²) >= 11 is 5.76. The largest absolute Gasteiger partial charge is 0.383 e. The molecule has 17 heavy (non-hydrogen) atoms. The first-order valence-corrected chi connectivity index (χ1v) is 5.40. The smallest absolute Gasteiger partial charge is 0.239 e. The van der Waals surface area contributed by atoms with Gasteiger partial charge in [-0.2, -0.15) is 0 Å². The van der Waals surface area contributed by atoms with E-state index in [4.69, 9.17) is 22.1 Å². The lowest BCUT2D eigenvalue weighted by atomic mass is 10.1. The Morgan fingerprint density at radius 1 is 1.65 bits per heavy atom. The van der Waals surface area contributed by atoms with Gasteiger partial charge in [-0.25, -0.2) is 4.39 Å². The van der Waals surface area contributed by atoms with Crippen LogP contribution in [0.25, 0.3) is 0 Å². The summed E-state index contributed by atoms with van der Waals surface area (Å²) in [6.45, 7) is 0.780. The molecule has 1 unspecified atom stereocenters. The number of hydrogen-bond donors (Lipinski definition) is 2. The minimum atomic E-state index is -0.913. The van der Waals surface area contributed by atoms with Gasteiger partial charge in [0.05, 0.1) is 6.61 Å². The van der Waals surface area contributed by atoms with E-state index in [9.17, 15) is 9.18 Å². The van der Waals surface area contributed by atoms with Crippen LogP contribution in [0.2, 0.25) is 5.02 Å². The molecule has 3 N–H and O–H groups in total. The van der Waals surface area contributed by atoms with Crippen LogP contribution >= 0.6 is 11.6 Å². The van der Waals surface area contributed by atoms with Gasteiger partial charge < -0.3 is 10.5 Å². The molecule has 1 aromatic rings. The zero-order chi connectivity index (χ0) is 12.8. The molecule has 0 aliphatic heterocycles. The second-order valence-corrected chi connectivity index (χ2v) is 3.88. The Balaban J connectivity index is 2.89. The van der Waals surface area contributed by atoms with E-state index in [0.717, 1.165) is 0 Å². The highest BCUT2D eigenvalue weighted by atomic mass is 35.5. The zero-order valence-corrected chi connectivity index (χ0v) is 10.1. The summed E-state index contributed by atoms with van der Waals surface area (Å²) in [7, 11) is 1.53. The van der Waals surface area contributed by atoms with Crippen LogP contribution in [0.5, 0.6) is 0 Å².